The fraction of sp³-hybridized carbons (Fsp3) is 0.600. The molecule has 0 heterocycles. The van der Waals surface area contributed by atoms with Gasteiger partial charge in [-0.2, -0.15) is 0 Å². The maximum absolute atomic E-state index is 12.0. The maximum Gasteiger partial charge on any atom is 0.158 e. The van der Waals surface area contributed by atoms with Gasteiger partial charge in [0.2, 0.25) is 0 Å². The molecule has 1 aromatic rings. The molecule has 1 aromatic carbocycles. The van der Waals surface area contributed by atoms with Crippen molar-refractivity contribution in [3.8, 4) is 5.75 Å². The zero-order valence-corrected chi connectivity index (χ0v) is 14.6. The normalized spacial score (nSPS) is 14.0. The SMILES string of the molecule is CC(N)Cc1c(Cl)cccc1OCCS(=O)(=O)C(C)(C)C. The number of sulfone groups is 1. The number of halogens is 1. The lowest BCUT2D eigenvalue weighted by Gasteiger charge is -2.20. The molecule has 0 saturated heterocycles. The molecule has 1 unspecified atom stereocenters. The monoisotopic (exact) mass is 333 g/mol. The lowest BCUT2D eigenvalue weighted by Crippen LogP contribution is -2.32. The number of ether oxygens (including phenoxy) is 1. The van der Waals surface area contributed by atoms with Crippen LogP contribution in [-0.2, 0) is 16.3 Å². The van der Waals surface area contributed by atoms with Crippen LogP contribution in [0, 0.1) is 0 Å². The summed E-state index contributed by atoms with van der Waals surface area (Å²) >= 11 is 6.16. The molecule has 0 aromatic heterocycles. The first kappa shape index (κ1) is 18.3. The molecule has 0 saturated carbocycles. The molecule has 4 nitrogen and oxygen atoms in total. The van der Waals surface area contributed by atoms with E-state index < -0.39 is 14.6 Å². The fourth-order valence-corrected chi connectivity index (χ4v) is 2.92. The third-order valence-electron chi connectivity index (χ3n) is 3.14. The van der Waals surface area contributed by atoms with Crippen molar-refractivity contribution in [2.75, 3.05) is 12.4 Å². The van der Waals surface area contributed by atoms with E-state index in [1.54, 1.807) is 39.0 Å². The minimum atomic E-state index is -3.20. The van der Waals surface area contributed by atoms with Crippen molar-refractivity contribution < 1.29 is 13.2 Å². The van der Waals surface area contributed by atoms with Crippen molar-refractivity contribution in [1.82, 2.24) is 0 Å². The predicted molar refractivity (Wildman–Crippen MR) is 87.8 cm³/mol. The van der Waals surface area contributed by atoms with Gasteiger partial charge in [0.15, 0.2) is 9.84 Å². The van der Waals surface area contributed by atoms with Gasteiger partial charge in [0.25, 0.3) is 0 Å². The standard InChI is InChI=1S/C15H24ClNO3S/c1-11(17)10-12-13(16)6-5-7-14(12)20-8-9-21(18,19)15(2,3)4/h5-7,11H,8-10,17H2,1-4H3. The highest BCUT2D eigenvalue weighted by Crippen LogP contribution is 2.28. The molecule has 21 heavy (non-hydrogen) atoms. The largest absolute Gasteiger partial charge is 0.492 e. The zero-order valence-electron chi connectivity index (χ0n) is 13.0. The Kier molecular flexibility index (Phi) is 6.08. The van der Waals surface area contributed by atoms with Gasteiger partial charge >= 0.3 is 0 Å². The van der Waals surface area contributed by atoms with Crippen LogP contribution in [0.15, 0.2) is 18.2 Å². The van der Waals surface area contributed by atoms with Crippen LogP contribution in [0.4, 0.5) is 0 Å². The van der Waals surface area contributed by atoms with Crippen LogP contribution in [-0.4, -0.2) is 31.6 Å². The molecule has 1 rings (SSSR count). The quantitative estimate of drug-likeness (QED) is 0.869. The second-order valence-corrected chi connectivity index (χ2v) is 9.45. The summed E-state index contributed by atoms with van der Waals surface area (Å²) in [6.45, 7) is 7.04. The first-order valence-corrected chi connectivity index (χ1v) is 8.95. The maximum atomic E-state index is 12.0. The lowest BCUT2D eigenvalue weighted by atomic mass is 10.1. The van der Waals surface area contributed by atoms with Gasteiger partial charge in [-0.1, -0.05) is 17.7 Å². The van der Waals surface area contributed by atoms with Crippen molar-refractivity contribution in [2.45, 2.75) is 44.9 Å². The molecular formula is C15H24ClNO3S. The van der Waals surface area contributed by atoms with Gasteiger partial charge in [-0.25, -0.2) is 8.42 Å². The van der Waals surface area contributed by atoms with Gasteiger partial charge in [-0.05, 0) is 46.2 Å². The highest BCUT2D eigenvalue weighted by molar-refractivity contribution is 7.92. The second-order valence-electron chi connectivity index (χ2n) is 6.18. The molecule has 1 atom stereocenters. The summed E-state index contributed by atoms with van der Waals surface area (Å²) in [5, 5.41) is 0.587. The molecule has 120 valence electrons. The van der Waals surface area contributed by atoms with Crippen molar-refractivity contribution in [3.63, 3.8) is 0 Å². The molecule has 6 heteroatoms. The minimum Gasteiger partial charge on any atom is -0.492 e. The first-order chi connectivity index (χ1) is 9.54. The Morgan fingerprint density at radius 2 is 1.95 bits per heavy atom. The Morgan fingerprint density at radius 1 is 1.33 bits per heavy atom. The van der Waals surface area contributed by atoms with E-state index in [9.17, 15) is 8.42 Å². The molecule has 0 bridgehead atoms. The summed E-state index contributed by atoms with van der Waals surface area (Å²) < 4.78 is 28.9. The molecule has 0 amide bonds. The van der Waals surface area contributed by atoms with Crippen molar-refractivity contribution in [1.29, 1.82) is 0 Å². The van der Waals surface area contributed by atoms with Gasteiger partial charge < -0.3 is 10.5 Å². The van der Waals surface area contributed by atoms with Crippen LogP contribution in [0.2, 0.25) is 5.02 Å². The highest BCUT2D eigenvalue weighted by Gasteiger charge is 2.28. The van der Waals surface area contributed by atoms with Crippen molar-refractivity contribution in [3.05, 3.63) is 28.8 Å². The van der Waals surface area contributed by atoms with Crippen molar-refractivity contribution in [2.24, 2.45) is 5.73 Å². The van der Waals surface area contributed by atoms with Gasteiger partial charge in [0.1, 0.15) is 12.4 Å². The summed E-state index contributed by atoms with van der Waals surface area (Å²) in [6, 6.07) is 5.29. The van der Waals surface area contributed by atoms with E-state index in [0.717, 1.165) is 5.56 Å². The summed E-state index contributed by atoms with van der Waals surface area (Å²) in [5.41, 5.74) is 6.63. The average molecular weight is 334 g/mol. The summed E-state index contributed by atoms with van der Waals surface area (Å²) in [5.74, 6) is 0.574. The third kappa shape index (κ3) is 5.16. The Morgan fingerprint density at radius 3 is 2.48 bits per heavy atom. The van der Waals surface area contributed by atoms with Gasteiger partial charge in [-0.3, -0.25) is 0 Å². The zero-order chi connectivity index (χ0) is 16.3. The van der Waals surface area contributed by atoms with Crippen molar-refractivity contribution >= 4 is 21.4 Å². The van der Waals surface area contributed by atoms with Gasteiger partial charge in [0, 0.05) is 16.6 Å². The molecule has 0 radical (unpaired) electrons. The van der Waals surface area contributed by atoms with E-state index in [2.05, 4.69) is 0 Å². The summed E-state index contributed by atoms with van der Waals surface area (Å²) in [7, 11) is -3.20. The smallest absolute Gasteiger partial charge is 0.158 e. The second kappa shape index (κ2) is 6.99. The van der Waals surface area contributed by atoms with E-state index in [0.29, 0.717) is 17.2 Å². The fourth-order valence-electron chi connectivity index (χ4n) is 1.76. The van der Waals surface area contributed by atoms with Crippen LogP contribution >= 0.6 is 11.6 Å². The molecule has 0 aliphatic carbocycles. The van der Waals surface area contributed by atoms with E-state index in [1.807, 2.05) is 6.92 Å². The summed E-state index contributed by atoms with van der Waals surface area (Å²) in [6.07, 6.45) is 0.584. The van der Waals surface area contributed by atoms with Crippen LogP contribution in [0.1, 0.15) is 33.3 Å². The lowest BCUT2D eigenvalue weighted by molar-refractivity contribution is 0.335. The molecule has 0 spiro atoms. The van der Waals surface area contributed by atoms with Crippen LogP contribution < -0.4 is 10.5 Å². The molecule has 0 aliphatic heterocycles. The number of rotatable bonds is 6. The molecule has 2 N–H and O–H groups in total. The number of nitrogens with two attached hydrogens (primary N) is 1. The first-order valence-electron chi connectivity index (χ1n) is 6.92. The van der Waals surface area contributed by atoms with Gasteiger partial charge in [0.05, 0.1) is 10.5 Å². The predicted octanol–water partition coefficient (Wildman–Crippen LogP) is 2.82. The Labute approximate surface area is 132 Å². The molecule has 0 aliphatic rings. The third-order valence-corrected chi connectivity index (χ3v) is 6.07. The Hall–Kier alpha value is -0.780. The average Bonchev–Trinajstić information content (AvgIpc) is 2.31. The van der Waals surface area contributed by atoms with Crippen LogP contribution in [0.5, 0.6) is 5.75 Å². The van der Waals surface area contributed by atoms with Crippen LogP contribution in [0.25, 0.3) is 0 Å². The summed E-state index contributed by atoms with van der Waals surface area (Å²) in [4.78, 5) is 0. The van der Waals surface area contributed by atoms with E-state index in [4.69, 9.17) is 22.1 Å². The number of hydrogen-bond donors (Lipinski definition) is 1. The highest BCUT2D eigenvalue weighted by atomic mass is 35.5. The molecule has 0 fully saturated rings. The van der Waals surface area contributed by atoms with Gasteiger partial charge in [-0.15, -0.1) is 0 Å². The molecular weight excluding hydrogens is 310 g/mol. The Bertz CT molecular complexity index is 577. The van der Waals surface area contributed by atoms with E-state index >= 15 is 0 Å². The number of hydrogen-bond acceptors (Lipinski definition) is 4. The van der Waals surface area contributed by atoms with E-state index in [1.165, 1.54) is 0 Å². The van der Waals surface area contributed by atoms with E-state index in [-0.39, 0.29) is 18.4 Å². The number of benzene rings is 1. The topological polar surface area (TPSA) is 69.4 Å². The van der Waals surface area contributed by atoms with Crippen LogP contribution in [0.3, 0.4) is 0 Å². The minimum absolute atomic E-state index is 0.0272. The Balaban J connectivity index is 2.79.